The fourth-order valence-electron chi connectivity index (χ4n) is 6.34. The van der Waals surface area contributed by atoms with Gasteiger partial charge in [0, 0.05) is 5.33 Å². The molecule has 2 saturated carbocycles. The van der Waals surface area contributed by atoms with E-state index in [1.807, 2.05) is 12.1 Å². The van der Waals surface area contributed by atoms with Crippen molar-refractivity contribution in [3.63, 3.8) is 0 Å². The van der Waals surface area contributed by atoms with E-state index < -0.39 is 0 Å². The van der Waals surface area contributed by atoms with Crippen molar-refractivity contribution < 1.29 is 10.2 Å². The van der Waals surface area contributed by atoms with E-state index in [1.54, 1.807) is 0 Å². The molecule has 2 nitrogen and oxygen atoms in total. The van der Waals surface area contributed by atoms with Crippen LogP contribution in [0.4, 0.5) is 0 Å². The molecule has 24 heavy (non-hydrogen) atoms. The number of phenols is 1. The second-order valence-electron chi connectivity index (χ2n) is 8.61. The molecule has 0 amide bonds. The Morgan fingerprint density at radius 1 is 1.29 bits per heavy atom. The van der Waals surface area contributed by atoms with Crippen LogP contribution >= 0.6 is 15.9 Å². The summed E-state index contributed by atoms with van der Waals surface area (Å²) in [6.45, 7) is 2.36. The minimum absolute atomic E-state index is 0.118. The summed E-state index contributed by atoms with van der Waals surface area (Å²) in [5.74, 6) is 2.89. The van der Waals surface area contributed by atoms with Gasteiger partial charge in [0.05, 0.1) is 6.10 Å². The van der Waals surface area contributed by atoms with Crippen LogP contribution in [0, 0.1) is 23.2 Å². The van der Waals surface area contributed by atoms with E-state index in [4.69, 9.17) is 0 Å². The lowest BCUT2D eigenvalue weighted by atomic mass is 9.55. The third kappa shape index (κ3) is 2.54. The average molecular weight is 393 g/mol. The Kier molecular flexibility index (Phi) is 4.45. The Morgan fingerprint density at radius 3 is 2.92 bits per heavy atom. The van der Waals surface area contributed by atoms with Crippen molar-refractivity contribution >= 4 is 15.9 Å². The zero-order valence-corrected chi connectivity index (χ0v) is 16.1. The molecule has 1 aromatic rings. The summed E-state index contributed by atoms with van der Waals surface area (Å²) in [7, 11) is 0. The molecule has 0 bridgehead atoms. The van der Waals surface area contributed by atoms with Crippen LogP contribution in [0.1, 0.15) is 62.5 Å². The van der Waals surface area contributed by atoms with E-state index in [2.05, 4.69) is 28.9 Å². The molecule has 3 aliphatic rings. The van der Waals surface area contributed by atoms with Crippen molar-refractivity contribution in [3.05, 3.63) is 29.3 Å². The first-order chi connectivity index (χ1) is 11.5. The second kappa shape index (κ2) is 6.32. The molecule has 4 rings (SSSR count). The summed E-state index contributed by atoms with van der Waals surface area (Å²) in [5, 5.41) is 21.9. The van der Waals surface area contributed by atoms with Crippen LogP contribution < -0.4 is 0 Å². The van der Waals surface area contributed by atoms with E-state index in [0.717, 1.165) is 24.6 Å². The number of fused-ring (bicyclic) bond motifs is 5. The van der Waals surface area contributed by atoms with Gasteiger partial charge in [-0.25, -0.2) is 0 Å². The number of aromatic hydroxyl groups is 1. The molecule has 0 radical (unpaired) electrons. The van der Waals surface area contributed by atoms with Crippen molar-refractivity contribution in [2.24, 2.45) is 23.2 Å². The number of benzene rings is 1. The lowest BCUT2D eigenvalue weighted by Crippen LogP contribution is -2.44. The van der Waals surface area contributed by atoms with Gasteiger partial charge >= 0.3 is 0 Å². The number of aryl methyl sites for hydroxylation is 1. The predicted molar refractivity (Wildman–Crippen MR) is 101 cm³/mol. The topological polar surface area (TPSA) is 40.5 Å². The summed E-state index contributed by atoms with van der Waals surface area (Å²) in [5.41, 5.74) is 2.95. The molecule has 3 heteroatoms. The average Bonchev–Trinajstić information content (AvgIpc) is 2.84. The summed E-state index contributed by atoms with van der Waals surface area (Å²) in [6.07, 6.45) is 8.05. The van der Waals surface area contributed by atoms with E-state index in [9.17, 15) is 10.2 Å². The van der Waals surface area contributed by atoms with Crippen molar-refractivity contribution in [1.29, 1.82) is 0 Å². The van der Waals surface area contributed by atoms with Gasteiger partial charge in [0.2, 0.25) is 0 Å². The maximum Gasteiger partial charge on any atom is 0.115 e. The Labute approximate surface area is 153 Å². The van der Waals surface area contributed by atoms with Gasteiger partial charge in [0.1, 0.15) is 5.75 Å². The van der Waals surface area contributed by atoms with Crippen LogP contribution in [0.15, 0.2) is 18.2 Å². The highest BCUT2D eigenvalue weighted by molar-refractivity contribution is 9.09. The highest BCUT2D eigenvalue weighted by Crippen LogP contribution is 2.62. The fourth-order valence-corrected chi connectivity index (χ4v) is 6.66. The number of hydrogen-bond acceptors (Lipinski definition) is 2. The van der Waals surface area contributed by atoms with E-state index in [-0.39, 0.29) is 11.5 Å². The molecule has 0 aromatic heterocycles. The third-order valence-electron chi connectivity index (χ3n) is 7.54. The van der Waals surface area contributed by atoms with Crippen LogP contribution in [-0.4, -0.2) is 21.6 Å². The zero-order chi connectivity index (χ0) is 16.9. The number of aliphatic hydroxyl groups excluding tert-OH is 1. The fraction of sp³-hybridized carbons (Fsp3) is 0.714. The normalized spacial score (nSPS) is 40.7. The van der Waals surface area contributed by atoms with E-state index >= 15 is 0 Å². The van der Waals surface area contributed by atoms with Gasteiger partial charge in [-0.1, -0.05) is 28.9 Å². The second-order valence-corrected chi connectivity index (χ2v) is 9.41. The van der Waals surface area contributed by atoms with Gasteiger partial charge in [0.15, 0.2) is 0 Å². The highest BCUT2D eigenvalue weighted by Gasteiger charge is 2.57. The van der Waals surface area contributed by atoms with Crippen molar-refractivity contribution in [3.8, 4) is 5.75 Å². The maximum absolute atomic E-state index is 11.0. The molecule has 3 aliphatic carbocycles. The van der Waals surface area contributed by atoms with Gasteiger partial charge in [0.25, 0.3) is 0 Å². The van der Waals surface area contributed by atoms with Gasteiger partial charge < -0.3 is 10.2 Å². The molecule has 6 atom stereocenters. The molecule has 132 valence electrons. The monoisotopic (exact) mass is 392 g/mol. The largest absolute Gasteiger partial charge is 0.508 e. The maximum atomic E-state index is 11.0. The van der Waals surface area contributed by atoms with Crippen LogP contribution in [0.25, 0.3) is 0 Å². The quantitative estimate of drug-likeness (QED) is 0.709. The van der Waals surface area contributed by atoms with Crippen LogP contribution in [0.3, 0.4) is 0 Å². The minimum Gasteiger partial charge on any atom is -0.508 e. The number of rotatable bonds is 3. The standard InChI is InChI=1S/C21H29BrO2/c1-21-9-8-17-16-7-5-15(23)11-13(16)4-6-18(17)19(21)12-14(20(21)24)3-2-10-22/h5,7,11,14,17-20,23-24H,2-4,6,8-10,12H2,1H3/t14?,17-,18-,19+,20-,21+/m1/s1. The summed E-state index contributed by atoms with van der Waals surface area (Å²) >= 11 is 3.54. The smallest absolute Gasteiger partial charge is 0.115 e. The number of halogens is 1. The third-order valence-corrected chi connectivity index (χ3v) is 8.10. The Bertz CT molecular complexity index is 616. The first-order valence-electron chi connectivity index (χ1n) is 9.60. The first kappa shape index (κ1) is 16.9. The molecule has 0 saturated heterocycles. The number of alkyl halides is 1. The van der Waals surface area contributed by atoms with Gasteiger partial charge in [-0.3, -0.25) is 0 Å². The molecule has 0 heterocycles. The first-order valence-corrected chi connectivity index (χ1v) is 10.7. The van der Waals surface area contributed by atoms with Crippen molar-refractivity contribution in [1.82, 2.24) is 0 Å². The van der Waals surface area contributed by atoms with E-state index in [0.29, 0.717) is 29.4 Å². The summed E-state index contributed by atoms with van der Waals surface area (Å²) < 4.78 is 0. The van der Waals surface area contributed by atoms with Crippen LogP contribution in [0.2, 0.25) is 0 Å². The zero-order valence-electron chi connectivity index (χ0n) is 14.5. The summed E-state index contributed by atoms with van der Waals surface area (Å²) in [6, 6.07) is 6.00. The van der Waals surface area contributed by atoms with Crippen LogP contribution in [-0.2, 0) is 6.42 Å². The molecule has 1 unspecified atom stereocenters. The Balaban J connectivity index is 1.61. The molecule has 1 aromatic carbocycles. The number of hydrogen-bond donors (Lipinski definition) is 2. The minimum atomic E-state index is -0.122. The molecular formula is C21H29BrO2. The Morgan fingerprint density at radius 2 is 2.12 bits per heavy atom. The molecule has 2 fully saturated rings. The van der Waals surface area contributed by atoms with Crippen molar-refractivity contribution in [2.45, 2.75) is 63.9 Å². The Hall–Kier alpha value is -0.540. The number of phenolic OH excluding ortho intramolecular Hbond substituents is 1. The molecule has 0 spiro atoms. The molecule has 2 N–H and O–H groups in total. The van der Waals surface area contributed by atoms with Gasteiger partial charge in [-0.2, -0.15) is 0 Å². The van der Waals surface area contributed by atoms with Crippen molar-refractivity contribution in [2.75, 3.05) is 5.33 Å². The summed E-state index contributed by atoms with van der Waals surface area (Å²) in [4.78, 5) is 0. The number of aliphatic hydroxyl groups is 1. The SMILES string of the molecule is C[C@]12CC[C@@H]3c4ccc(O)cc4CC[C@H]3[C@@H]1CC(CCCBr)[C@H]2O. The van der Waals surface area contributed by atoms with Gasteiger partial charge in [-0.15, -0.1) is 0 Å². The van der Waals surface area contributed by atoms with Crippen LogP contribution in [0.5, 0.6) is 5.75 Å². The predicted octanol–water partition coefficient (Wildman–Crippen LogP) is 5.01. The lowest BCUT2D eigenvalue weighted by Gasteiger charge is -2.50. The highest BCUT2D eigenvalue weighted by atomic mass is 79.9. The lowest BCUT2D eigenvalue weighted by molar-refractivity contribution is -0.0333. The molecular weight excluding hydrogens is 364 g/mol. The van der Waals surface area contributed by atoms with E-state index in [1.165, 1.54) is 36.8 Å². The molecule has 0 aliphatic heterocycles. The van der Waals surface area contributed by atoms with Gasteiger partial charge in [-0.05, 0) is 97.3 Å².